The number of hydrogen-bond donors (Lipinski definition) is 1. The summed E-state index contributed by atoms with van der Waals surface area (Å²) in [6, 6.07) is 13.4. The molecule has 0 unspecified atom stereocenters. The van der Waals surface area contributed by atoms with E-state index in [0.29, 0.717) is 5.82 Å². The first-order chi connectivity index (χ1) is 9.69. The summed E-state index contributed by atoms with van der Waals surface area (Å²) in [7, 11) is 0. The zero-order valence-electron chi connectivity index (χ0n) is 11.5. The molecule has 0 aliphatic rings. The average molecular weight is 268 g/mol. The molecular weight excluding hydrogens is 252 g/mol. The molecule has 0 amide bonds. The van der Waals surface area contributed by atoms with Gasteiger partial charge in [0.25, 0.3) is 0 Å². The number of anilines is 1. The molecule has 0 aliphatic heterocycles. The number of benzene rings is 1. The van der Waals surface area contributed by atoms with Crippen LogP contribution in [0.5, 0.6) is 5.75 Å². The van der Waals surface area contributed by atoms with Crippen LogP contribution in [0.2, 0.25) is 0 Å². The van der Waals surface area contributed by atoms with E-state index in [1.54, 1.807) is 6.07 Å². The Hall–Kier alpha value is -2.61. The second-order valence-electron chi connectivity index (χ2n) is 4.51. The van der Waals surface area contributed by atoms with Gasteiger partial charge in [0.15, 0.2) is 0 Å². The van der Waals surface area contributed by atoms with Gasteiger partial charge in [-0.15, -0.1) is 10.2 Å². The Kier molecular flexibility index (Phi) is 4.51. The van der Waals surface area contributed by atoms with E-state index in [9.17, 15) is 0 Å². The fourth-order valence-electron chi connectivity index (χ4n) is 1.69. The van der Waals surface area contributed by atoms with Crippen molar-refractivity contribution in [1.29, 1.82) is 5.26 Å². The summed E-state index contributed by atoms with van der Waals surface area (Å²) in [4.78, 5) is 0. The van der Waals surface area contributed by atoms with Gasteiger partial charge in [-0.1, -0.05) is 0 Å². The first-order valence-electron chi connectivity index (χ1n) is 6.40. The maximum absolute atomic E-state index is 8.48. The van der Waals surface area contributed by atoms with Crippen molar-refractivity contribution in [3.05, 3.63) is 36.4 Å². The van der Waals surface area contributed by atoms with Gasteiger partial charge < -0.3 is 10.1 Å². The van der Waals surface area contributed by atoms with Gasteiger partial charge in [-0.2, -0.15) is 5.26 Å². The molecule has 1 aromatic heterocycles. The lowest BCUT2D eigenvalue weighted by Gasteiger charge is -2.09. The topological polar surface area (TPSA) is 70.8 Å². The van der Waals surface area contributed by atoms with Crippen molar-refractivity contribution < 1.29 is 4.74 Å². The summed E-state index contributed by atoms with van der Waals surface area (Å²) in [5.41, 5.74) is 1.75. The molecule has 0 atom stereocenters. The molecule has 0 fully saturated rings. The summed E-state index contributed by atoms with van der Waals surface area (Å²) >= 11 is 0. The lowest BCUT2D eigenvalue weighted by atomic mass is 10.1. The molecule has 0 radical (unpaired) electrons. The first kappa shape index (κ1) is 13.8. The number of aromatic nitrogens is 2. The monoisotopic (exact) mass is 268 g/mol. The van der Waals surface area contributed by atoms with Crippen LogP contribution < -0.4 is 10.1 Å². The third kappa shape index (κ3) is 3.69. The molecule has 2 rings (SSSR count). The molecule has 20 heavy (non-hydrogen) atoms. The Morgan fingerprint density at radius 1 is 1.15 bits per heavy atom. The van der Waals surface area contributed by atoms with Crippen LogP contribution >= 0.6 is 0 Å². The predicted molar refractivity (Wildman–Crippen MR) is 77.3 cm³/mol. The second kappa shape index (κ2) is 6.53. The fourth-order valence-corrected chi connectivity index (χ4v) is 1.69. The molecule has 0 saturated heterocycles. The van der Waals surface area contributed by atoms with E-state index in [-0.39, 0.29) is 12.6 Å². The van der Waals surface area contributed by atoms with Crippen molar-refractivity contribution in [3.8, 4) is 23.1 Å². The molecule has 5 heteroatoms. The first-order valence-corrected chi connectivity index (χ1v) is 6.40. The normalized spacial score (nSPS) is 10.1. The third-order valence-electron chi connectivity index (χ3n) is 2.53. The van der Waals surface area contributed by atoms with Crippen LogP contribution in [0.25, 0.3) is 11.3 Å². The van der Waals surface area contributed by atoms with Crippen LogP contribution in [0, 0.1) is 11.3 Å². The van der Waals surface area contributed by atoms with Crippen molar-refractivity contribution in [3.63, 3.8) is 0 Å². The second-order valence-corrected chi connectivity index (χ2v) is 4.51. The van der Waals surface area contributed by atoms with E-state index in [1.165, 1.54) is 0 Å². The maximum atomic E-state index is 8.48. The van der Waals surface area contributed by atoms with Gasteiger partial charge in [-0.05, 0) is 50.2 Å². The summed E-state index contributed by atoms with van der Waals surface area (Å²) in [6.07, 6.45) is 0.158. The number of rotatable bonds is 5. The van der Waals surface area contributed by atoms with E-state index in [2.05, 4.69) is 15.5 Å². The summed E-state index contributed by atoms with van der Waals surface area (Å²) in [5.74, 6) is 1.43. The van der Waals surface area contributed by atoms with Crippen LogP contribution in [0.3, 0.4) is 0 Å². The predicted octanol–water partition coefficient (Wildman–Crippen LogP) is 2.87. The molecule has 1 heterocycles. The van der Waals surface area contributed by atoms with E-state index in [4.69, 9.17) is 10.00 Å². The van der Waals surface area contributed by atoms with Gasteiger partial charge in [0, 0.05) is 5.56 Å². The molecule has 1 N–H and O–H groups in total. The SMILES string of the molecule is CC(C)Oc1ccc(-c2ccc(NCC#N)nn2)cc1. The molecule has 0 bridgehead atoms. The van der Waals surface area contributed by atoms with Crippen LogP contribution in [0.4, 0.5) is 5.82 Å². The smallest absolute Gasteiger partial charge is 0.149 e. The van der Waals surface area contributed by atoms with E-state index < -0.39 is 0 Å². The molecule has 1 aromatic carbocycles. The van der Waals surface area contributed by atoms with Gasteiger partial charge >= 0.3 is 0 Å². The van der Waals surface area contributed by atoms with Crippen molar-refractivity contribution in [1.82, 2.24) is 10.2 Å². The van der Waals surface area contributed by atoms with Crippen LogP contribution in [0.1, 0.15) is 13.8 Å². The van der Waals surface area contributed by atoms with Gasteiger partial charge in [0.2, 0.25) is 0 Å². The van der Waals surface area contributed by atoms with Gasteiger partial charge in [0.1, 0.15) is 18.1 Å². The average Bonchev–Trinajstić information content (AvgIpc) is 2.46. The van der Waals surface area contributed by atoms with Crippen molar-refractivity contribution >= 4 is 5.82 Å². The number of nitrogens with one attached hydrogen (secondary N) is 1. The van der Waals surface area contributed by atoms with E-state index in [0.717, 1.165) is 17.0 Å². The third-order valence-corrected chi connectivity index (χ3v) is 2.53. The van der Waals surface area contributed by atoms with Gasteiger partial charge in [-0.3, -0.25) is 0 Å². The molecule has 0 spiro atoms. The number of nitriles is 1. The minimum absolute atomic E-state index is 0.158. The fraction of sp³-hybridized carbons (Fsp3) is 0.267. The van der Waals surface area contributed by atoms with Gasteiger partial charge in [0.05, 0.1) is 17.9 Å². The largest absolute Gasteiger partial charge is 0.491 e. The van der Waals surface area contributed by atoms with E-state index in [1.807, 2.05) is 50.2 Å². The summed E-state index contributed by atoms with van der Waals surface area (Å²) in [6.45, 7) is 4.20. The highest BCUT2D eigenvalue weighted by Crippen LogP contribution is 2.21. The minimum Gasteiger partial charge on any atom is -0.491 e. The zero-order valence-corrected chi connectivity index (χ0v) is 11.5. The summed E-state index contributed by atoms with van der Waals surface area (Å²) in [5, 5.41) is 19.5. The lowest BCUT2D eigenvalue weighted by molar-refractivity contribution is 0.242. The highest BCUT2D eigenvalue weighted by atomic mass is 16.5. The van der Waals surface area contributed by atoms with Crippen molar-refractivity contribution in [2.45, 2.75) is 20.0 Å². The Morgan fingerprint density at radius 2 is 1.90 bits per heavy atom. The van der Waals surface area contributed by atoms with Crippen molar-refractivity contribution in [2.75, 3.05) is 11.9 Å². The van der Waals surface area contributed by atoms with E-state index >= 15 is 0 Å². The lowest BCUT2D eigenvalue weighted by Crippen LogP contribution is -2.05. The molecule has 102 valence electrons. The minimum atomic E-state index is 0.158. The molecule has 5 nitrogen and oxygen atoms in total. The Balaban J connectivity index is 2.09. The Labute approximate surface area is 118 Å². The Bertz CT molecular complexity index is 585. The van der Waals surface area contributed by atoms with Crippen molar-refractivity contribution in [2.24, 2.45) is 0 Å². The quantitative estimate of drug-likeness (QED) is 0.844. The van der Waals surface area contributed by atoms with Crippen LogP contribution in [0.15, 0.2) is 36.4 Å². The van der Waals surface area contributed by atoms with Gasteiger partial charge in [-0.25, -0.2) is 0 Å². The standard InChI is InChI=1S/C15H16N4O/c1-11(2)20-13-5-3-12(4-6-13)14-7-8-15(19-18-14)17-10-9-16/h3-8,11H,10H2,1-2H3,(H,17,19). The number of ether oxygens (including phenoxy) is 1. The maximum Gasteiger partial charge on any atom is 0.149 e. The number of nitrogens with zero attached hydrogens (tertiary/aromatic N) is 3. The molecule has 0 saturated carbocycles. The molecule has 2 aromatic rings. The highest BCUT2D eigenvalue weighted by Gasteiger charge is 2.02. The van der Waals surface area contributed by atoms with Crippen LogP contribution in [-0.4, -0.2) is 22.8 Å². The number of hydrogen-bond acceptors (Lipinski definition) is 5. The highest BCUT2D eigenvalue weighted by molar-refractivity contribution is 5.60. The molecule has 0 aliphatic carbocycles. The zero-order chi connectivity index (χ0) is 14.4. The van der Waals surface area contributed by atoms with Crippen LogP contribution in [-0.2, 0) is 0 Å². The summed E-state index contributed by atoms with van der Waals surface area (Å²) < 4.78 is 5.59. The Morgan fingerprint density at radius 3 is 2.45 bits per heavy atom. The molecular formula is C15H16N4O.